The molecule has 7 heteroatoms. The third-order valence-corrected chi connectivity index (χ3v) is 4.98. The van der Waals surface area contributed by atoms with Crippen molar-refractivity contribution in [2.24, 2.45) is 0 Å². The van der Waals surface area contributed by atoms with Crippen LogP contribution in [0.2, 0.25) is 0 Å². The van der Waals surface area contributed by atoms with Crippen LogP contribution in [0.25, 0.3) is 0 Å². The van der Waals surface area contributed by atoms with E-state index in [0.717, 1.165) is 38.8 Å². The van der Waals surface area contributed by atoms with E-state index in [0.29, 0.717) is 11.3 Å². The quantitative estimate of drug-likeness (QED) is 0.409. The van der Waals surface area contributed by atoms with E-state index < -0.39 is 17.0 Å². The molecule has 28 heavy (non-hydrogen) atoms. The monoisotopic (exact) mass is 386 g/mol. The Morgan fingerprint density at radius 2 is 1.75 bits per heavy atom. The van der Waals surface area contributed by atoms with Gasteiger partial charge in [0, 0.05) is 19.2 Å². The number of esters is 1. The smallest absolute Gasteiger partial charge is 0.338 e. The molecule has 0 bridgehead atoms. The highest BCUT2D eigenvalue weighted by Crippen LogP contribution is 2.31. The molecule has 1 aliphatic rings. The number of nitrogens with zero attached hydrogens (tertiary/aromatic N) is 2. The van der Waals surface area contributed by atoms with Crippen molar-refractivity contribution in [3.63, 3.8) is 0 Å². The number of ether oxygens (including phenoxy) is 1. The predicted octanol–water partition coefficient (Wildman–Crippen LogP) is 5.03. The van der Waals surface area contributed by atoms with E-state index in [9.17, 15) is 19.3 Å². The number of carbonyl (C=O) groups excluding carboxylic acids is 1. The van der Waals surface area contributed by atoms with Crippen LogP contribution in [0.3, 0.4) is 0 Å². The first kappa shape index (κ1) is 19.8. The molecule has 0 N–H and O–H groups in total. The molecule has 1 atom stereocenters. The van der Waals surface area contributed by atoms with Gasteiger partial charge in [-0.25, -0.2) is 9.18 Å². The van der Waals surface area contributed by atoms with Gasteiger partial charge in [-0.2, -0.15) is 0 Å². The number of rotatable bonds is 5. The molecule has 0 aliphatic carbocycles. The summed E-state index contributed by atoms with van der Waals surface area (Å²) >= 11 is 0. The Bertz CT molecular complexity index is 846. The van der Waals surface area contributed by atoms with Crippen molar-refractivity contribution in [1.29, 1.82) is 0 Å². The molecule has 0 saturated carbocycles. The number of hydrogen-bond donors (Lipinski definition) is 0. The molecule has 0 unspecified atom stereocenters. The van der Waals surface area contributed by atoms with Crippen LogP contribution < -0.4 is 4.90 Å². The highest BCUT2D eigenvalue weighted by Gasteiger charge is 2.24. The van der Waals surface area contributed by atoms with E-state index in [-0.39, 0.29) is 17.1 Å². The fourth-order valence-electron chi connectivity index (χ4n) is 3.41. The predicted molar refractivity (Wildman–Crippen MR) is 104 cm³/mol. The van der Waals surface area contributed by atoms with Crippen LogP contribution in [0.1, 0.15) is 54.6 Å². The molecule has 2 aromatic carbocycles. The van der Waals surface area contributed by atoms with Crippen LogP contribution in [0.4, 0.5) is 15.8 Å². The van der Waals surface area contributed by atoms with E-state index >= 15 is 0 Å². The second-order valence-electron chi connectivity index (χ2n) is 6.96. The molecular weight excluding hydrogens is 363 g/mol. The maximum atomic E-state index is 13.0. The average Bonchev–Trinajstić information content (AvgIpc) is 2.97. The van der Waals surface area contributed by atoms with Crippen molar-refractivity contribution in [2.75, 3.05) is 18.0 Å². The number of carbonyl (C=O) groups is 1. The van der Waals surface area contributed by atoms with Crippen LogP contribution in [-0.2, 0) is 4.74 Å². The molecule has 1 fully saturated rings. The molecule has 0 spiro atoms. The summed E-state index contributed by atoms with van der Waals surface area (Å²) in [7, 11) is 0. The molecule has 6 nitrogen and oxygen atoms in total. The second kappa shape index (κ2) is 8.82. The van der Waals surface area contributed by atoms with E-state index in [1.807, 2.05) is 4.90 Å². The van der Waals surface area contributed by atoms with Crippen molar-refractivity contribution in [3.8, 4) is 0 Å². The van der Waals surface area contributed by atoms with Crippen molar-refractivity contribution < 1.29 is 18.8 Å². The van der Waals surface area contributed by atoms with Crippen LogP contribution >= 0.6 is 0 Å². The van der Waals surface area contributed by atoms with E-state index in [2.05, 4.69) is 0 Å². The Labute approximate surface area is 163 Å². The summed E-state index contributed by atoms with van der Waals surface area (Å²) in [6, 6.07) is 10.1. The Hall–Kier alpha value is -2.96. The van der Waals surface area contributed by atoms with E-state index in [1.54, 1.807) is 19.1 Å². The highest BCUT2D eigenvalue weighted by atomic mass is 19.1. The lowest BCUT2D eigenvalue weighted by Gasteiger charge is -2.22. The number of benzene rings is 2. The van der Waals surface area contributed by atoms with Crippen molar-refractivity contribution in [2.45, 2.75) is 38.7 Å². The molecule has 1 saturated heterocycles. The van der Waals surface area contributed by atoms with Crippen molar-refractivity contribution in [1.82, 2.24) is 0 Å². The normalized spacial score (nSPS) is 15.6. The van der Waals surface area contributed by atoms with Gasteiger partial charge in [-0.1, -0.05) is 25.0 Å². The van der Waals surface area contributed by atoms with Gasteiger partial charge in [0.25, 0.3) is 5.69 Å². The van der Waals surface area contributed by atoms with E-state index in [4.69, 9.17) is 4.74 Å². The summed E-state index contributed by atoms with van der Waals surface area (Å²) in [5.41, 5.74) is 1.21. The molecule has 1 aliphatic heterocycles. The fourth-order valence-corrected chi connectivity index (χ4v) is 3.41. The third kappa shape index (κ3) is 4.65. The van der Waals surface area contributed by atoms with Crippen LogP contribution in [0.15, 0.2) is 42.5 Å². The lowest BCUT2D eigenvalue weighted by Crippen LogP contribution is -2.25. The summed E-state index contributed by atoms with van der Waals surface area (Å²) in [6.45, 7) is 3.21. The summed E-state index contributed by atoms with van der Waals surface area (Å²) in [4.78, 5) is 25.6. The number of anilines is 1. The standard InChI is InChI=1S/C21H23FN2O4/c1-15(16-6-9-18(22)10-7-16)28-21(25)17-8-11-19(20(14-17)24(26)27)23-12-4-2-3-5-13-23/h6-11,14-15H,2-5,12-13H2,1H3/t15-/m0/s1. The van der Waals surface area contributed by atoms with Gasteiger partial charge in [-0.05, 0) is 49.6 Å². The summed E-state index contributed by atoms with van der Waals surface area (Å²) in [6.07, 6.45) is 3.63. The van der Waals surface area contributed by atoms with Gasteiger partial charge < -0.3 is 9.64 Å². The third-order valence-electron chi connectivity index (χ3n) is 4.98. The number of hydrogen-bond acceptors (Lipinski definition) is 5. The van der Waals surface area contributed by atoms with Gasteiger partial charge in [-0.15, -0.1) is 0 Å². The molecule has 2 aromatic rings. The zero-order valence-electron chi connectivity index (χ0n) is 15.8. The number of nitro benzene ring substituents is 1. The lowest BCUT2D eigenvalue weighted by molar-refractivity contribution is -0.384. The SMILES string of the molecule is C[C@H](OC(=O)c1ccc(N2CCCCCC2)c([N+](=O)[O-])c1)c1ccc(F)cc1. The average molecular weight is 386 g/mol. The zero-order valence-corrected chi connectivity index (χ0v) is 15.8. The van der Waals surface area contributed by atoms with Gasteiger partial charge in [0.1, 0.15) is 17.6 Å². The Morgan fingerprint density at radius 1 is 1.11 bits per heavy atom. The van der Waals surface area contributed by atoms with Crippen molar-refractivity contribution >= 4 is 17.3 Å². The Morgan fingerprint density at radius 3 is 2.36 bits per heavy atom. The van der Waals surface area contributed by atoms with Crippen LogP contribution in [-0.4, -0.2) is 24.0 Å². The first-order chi connectivity index (χ1) is 13.5. The molecule has 1 heterocycles. The molecule has 148 valence electrons. The minimum atomic E-state index is -0.651. The number of nitro groups is 1. The molecular formula is C21H23FN2O4. The topological polar surface area (TPSA) is 72.7 Å². The minimum absolute atomic E-state index is 0.0919. The maximum Gasteiger partial charge on any atom is 0.338 e. The highest BCUT2D eigenvalue weighted by molar-refractivity contribution is 5.91. The summed E-state index contributed by atoms with van der Waals surface area (Å²) in [5, 5.41) is 11.6. The van der Waals surface area contributed by atoms with Gasteiger partial charge in [0.05, 0.1) is 10.5 Å². The van der Waals surface area contributed by atoms with Gasteiger partial charge in [0.2, 0.25) is 0 Å². The maximum absolute atomic E-state index is 13.0. The van der Waals surface area contributed by atoms with Crippen LogP contribution in [0, 0.1) is 15.9 Å². The first-order valence-corrected chi connectivity index (χ1v) is 9.45. The minimum Gasteiger partial charge on any atom is -0.454 e. The van der Waals surface area contributed by atoms with Gasteiger partial charge >= 0.3 is 5.97 Å². The van der Waals surface area contributed by atoms with E-state index in [1.165, 1.54) is 30.3 Å². The second-order valence-corrected chi connectivity index (χ2v) is 6.96. The van der Waals surface area contributed by atoms with Crippen LogP contribution in [0.5, 0.6) is 0 Å². The summed E-state index contributed by atoms with van der Waals surface area (Å²) < 4.78 is 18.4. The Balaban J connectivity index is 1.79. The lowest BCUT2D eigenvalue weighted by atomic mass is 10.1. The number of halogens is 1. The zero-order chi connectivity index (χ0) is 20.1. The first-order valence-electron chi connectivity index (χ1n) is 9.45. The fraction of sp³-hybridized carbons (Fsp3) is 0.381. The van der Waals surface area contributed by atoms with Crippen molar-refractivity contribution in [3.05, 3.63) is 69.5 Å². The van der Waals surface area contributed by atoms with Gasteiger partial charge in [0.15, 0.2) is 0 Å². The largest absolute Gasteiger partial charge is 0.454 e. The molecule has 0 aromatic heterocycles. The van der Waals surface area contributed by atoms with Gasteiger partial charge in [-0.3, -0.25) is 10.1 Å². The summed E-state index contributed by atoms with van der Waals surface area (Å²) in [5.74, 6) is -1.02. The Kier molecular flexibility index (Phi) is 6.23. The molecule has 3 rings (SSSR count). The molecule has 0 amide bonds. The molecule has 0 radical (unpaired) electrons.